The Morgan fingerprint density at radius 3 is 2.67 bits per heavy atom. The standard InChI is InChI=1S/C20H14N4O2S/c1-11-18(25)13-10-24(12-6-4-3-5-7-12)23-16(13)17-19(11)27-20-14(21-17)8-9-15(22-20)26-2/h3-10H,1-2H3. The van der Waals surface area contributed by atoms with E-state index in [1.807, 2.05) is 43.3 Å². The van der Waals surface area contributed by atoms with E-state index in [0.717, 1.165) is 26.6 Å². The molecule has 132 valence electrons. The van der Waals surface area contributed by atoms with Crippen LogP contribution in [0.4, 0.5) is 0 Å². The van der Waals surface area contributed by atoms with Crippen LogP contribution in [0.5, 0.6) is 5.88 Å². The Labute approximate surface area is 158 Å². The van der Waals surface area contributed by atoms with Gasteiger partial charge in [-0.3, -0.25) is 4.79 Å². The molecule has 0 saturated heterocycles. The first-order chi connectivity index (χ1) is 13.2. The van der Waals surface area contributed by atoms with Gasteiger partial charge in [-0.25, -0.2) is 14.6 Å². The lowest BCUT2D eigenvalue weighted by Crippen LogP contribution is -2.08. The SMILES string of the molecule is COc1ccc2nc3c4nn(-c5ccccc5)cc4c(=O)c(C)c-3sc2n1. The minimum Gasteiger partial charge on any atom is -0.481 e. The highest BCUT2D eigenvalue weighted by molar-refractivity contribution is 7.21. The third kappa shape index (κ3) is 2.39. The van der Waals surface area contributed by atoms with Gasteiger partial charge < -0.3 is 4.74 Å². The number of ether oxygens (including phenoxy) is 1. The summed E-state index contributed by atoms with van der Waals surface area (Å²) in [4.78, 5) is 23.7. The molecule has 3 aromatic rings. The van der Waals surface area contributed by atoms with Crippen molar-refractivity contribution in [1.29, 1.82) is 0 Å². The first kappa shape index (κ1) is 15.9. The number of nitrogens with zero attached hydrogens (tertiary/aromatic N) is 4. The van der Waals surface area contributed by atoms with Crippen molar-refractivity contribution in [2.24, 2.45) is 0 Å². The highest BCUT2D eigenvalue weighted by Gasteiger charge is 2.21. The summed E-state index contributed by atoms with van der Waals surface area (Å²) in [5, 5.41) is 5.24. The zero-order valence-corrected chi connectivity index (χ0v) is 15.4. The molecule has 2 aromatic heterocycles. The Bertz CT molecular complexity index is 1340. The van der Waals surface area contributed by atoms with Gasteiger partial charge in [0.05, 0.1) is 23.1 Å². The van der Waals surface area contributed by atoms with Gasteiger partial charge in [-0.1, -0.05) is 18.2 Å². The Balaban J connectivity index is 1.87. The minimum atomic E-state index is -0.0278. The molecular weight excluding hydrogens is 360 g/mol. The third-order valence-electron chi connectivity index (χ3n) is 4.55. The van der Waals surface area contributed by atoms with Crippen LogP contribution in [0.15, 0.2) is 53.5 Å². The molecule has 1 aliphatic heterocycles. The third-order valence-corrected chi connectivity index (χ3v) is 5.75. The average molecular weight is 374 g/mol. The van der Waals surface area contributed by atoms with Gasteiger partial charge in [0.25, 0.3) is 0 Å². The van der Waals surface area contributed by atoms with Crippen LogP contribution in [0.2, 0.25) is 0 Å². The predicted molar refractivity (Wildman–Crippen MR) is 106 cm³/mol. The molecule has 3 heterocycles. The van der Waals surface area contributed by atoms with Crippen LogP contribution >= 0.6 is 11.3 Å². The lowest BCUT2D eigenvalue weighted by molar-refractivity contribution is 0.400. The topological polar surface area (TPSA) is 69.9 Å². The van der Waals surface area contributed by atoms with E-state index >= 15 is 0 Å². The minimum absolute atomic E-state index is 0.0278. The second kappa shape index (κ2) is 5.85. The number of pyridine rings is 1. The zero-order valence-electron chi connectivity index (χ0n) is 14.6. The van der Waals surface area contributed by atoms with Crippen LogP contribution in [0.3, 0.4) is 0 Å². The molecule has 5 rings (SSSR count). The summed E-state index contributed by atoms with van der Waals surface area (Å²) < 4.78 is 6.93. The molecule has 0 spiro atoms. The number of rotatable bonds is 2. The van der Waals surface area contributed by atoms with Crippen molar-refractivity contribution < 1.29 is 4.74 Å². The van der Waals surface area contributed by atoms with Crippen LogP contribution in [0.1, 0.15) is 5.56 Å². The molecule has 27 heavy (non-hydrogen) atoms. The van der Waals surface area contributed by atoms with Crippen LogP contribution in [-0.2, 0) is 0 Å². The van der Waals surface area contributed by atoms with Gasteiger partial charge in [-0.15, -0.1) is 11.3 Å². The molecule has 2 aliphatic rings. The Morgan fingerprint density at radius 1 is 1.07 bits per heavy atom. The van der Waals surface area contributed by atoms with Gasteiger partial charge in [0.15, 0.2) is 5.43 Å². The van der Waals surface area contributed by atoms with Crippen molar-refractivity contribution in [2.75, 3.05) is 7.11 Å². The van der Waals surface area contributed by atoms with Crippen LogP contribution in [0.25, 0.3) is 37.5 Å². The zero-order chi connectivity index (χ0) is 18.5. The Kier molecular flexibility index (Phi) is 3.45. The summed E-state index contributed by atoms with van der Waals surface area (Å²) >= 11 is 1.44. The largest absolute Gasteiger partial charge is 0.481 e. The number of aromatic nitrogens is 4. The Hall–Kier alpha value is -3.32. The fourth-order valence-corrected chi connectivity index (χ4v) is 4.19. The van der Waals surface area contributed by atoms with Gasteiger partial charge in [-0.05, 0) is 25.1 Å². The van der Waals surface area contributed by atoms with Gasteiger partial charge in [0, 0.05) is 17.8 Å². The van der Waals surface area contributed by atoms with E-state index in [9.17, 15) is 4.79 Å². The van der Waals surface area contributed by atoms with E-state index in [-0.39, 0.29) is 5.43 Å². The Morgan fingerprint density at radius 2 is 1.89 bits per heavy atom. The molecule has 0 fully saturated rings. The van der Waals surface area contributed by atoms with E-state index in [4.69, 9.17) is 9.72 Å². The number of hydrogen-bond donors (Lipinski definition) is 0. The molecule has 0 amide bonds. The predicted octanol–water partition coefficient (Wildman–Crippen LogP) is 3.81. The van der Waals surface area contributed by atoms with Crippen molar-refractivity contribution in [3.8, 4) is 22.1 Å². The van der Waals surface area contributed by atoms with Crippen molar-refractivity contribution in [3.63, 3.8) is 0 Å². The molecule has 1 aromatic carbocycles. The van der Waals surface area contributed by atoms with Crippen molar-refractivity contribution in [2.45, 2.75) is 6.92 Å². The maximum atomic E-state index is 12.9. The van der Waals surface area contributed by atoms with Crippen LogP contribution in [0, 0.1) is 6.92 Å². The maximum absolute atomic E-state index is 12.9. The van der Waals surface area contributed by atoms with E-state index in [1.165, 1.54) is 11.3 Å². The maximum Gasteiger partial charge on any atom is 0.214 e. The quantitative estimate of drug-likeness (QED) is 0.440. The summed E-state index contributed by atoms with van der Waals surface area (Å²) in [5.74, 6) is 0.523. The summed E-state index contributed by atoms with van der Waals surface area (Å²) in [5.41, 5.74) is 3.62. The van der Waals surface area contributed by atoms with E-state index in [2.05, 4.69) is 10.1 Å². The van der Waals surface area contributed by atoms with Crippen LogP contribution in [-0.4, -0.2) is 26.9 Å². The number of fused-ring (bicyclic) bond motifs is 4. The monoisotopic (exact) mass is 374 g/mol. The molecule has 6 nitrogen and oxygen atoms in total. The van der Waals surface area contributed by atoms with E-state index < -0.39 is 0 Å². The fourth-order valence-electron chi connectivity index (χ4n) is 3.15. The number of methoxy groups -OCH3 is 1. The smallest absolute Gasteiger partial charge is 0.214 e. The van der Waals surface area contributed by atoms with E-state index in [1.54, 1.807) is 24.1 Å². The molecule has 0 bridgehead atoms. The molecule has 0 N–H and O–H groups in total. The molecule has 0 atom stereocenters. The number of benzene rings is 2. The van der Waals surface area contributed by atoms with Gasteiger partial charge in [0.2, 0.25) is 5.88 Å². The van der Waals surface area contributed by atoms with E-state index in [0.29, 0.717) is 22.3 Å². The summed E-state index contributed by atoms with van der Waals surface area (Å²) in [7, 11) is 1.58. The van der Waals surface area contributed by atoms with Gasteiger partial charge in [0.1, 0.15) is 21.6 Å². The first-order valence-corrected chi connectivity index (χ1v) is 9.20. The fraction of sp³-hybridized carbons (Fsp3) is 0.100. The first-order valence-electron chi connectivity index (χ1n) is 8.38. The highest BCUT2D eigenvalue weighted by atomic mass is 32.1. The lowest BCUT2D eigenvalue weighted by Gasteiger charge is -2.09. The molecule has 7 heteroatoms. The summed E-state index contributed by atoms with van der Waals surface area (Å²) in [6.45, 7) is 1.83. The number of hydrogen-bond acceptors (Lipinski definition) is 6. The second-order valence-corrected chi connectivity index (χ2v) is 7.19. The lowest BCUT2D eigenvalue weighted by atomic mass is 10.1. The summed E-state index contributed by atoms with van der Waals surface area (Å²) in [6.07, 6.45) is 1.78. The second-order valence-electron chi connectivity index (χ2n) is 6.20. The van der Waals surface area contributed by atoms with Gasteiger partial charge >= 0.3 is 0 Å². The summed E-state index contributed by atoms with van der Waals surface area (Å²) in [6, 6.07) is 13.4. The van der Waals surface area contributed by atoms with Crippen LogP contribution < -0.4 is 10.2 Å². The molecule has 0 saturated carbocycles. The molecule has 0 radical (unpaired) electrons. The van der Waals surface area contributed by atoms with Crippen molar-refractivity contribution in [3.05, 3.63) is 64.4 Å². The normalized spacial score (nSPS) is 11.5. The molecule has 0 unspecified atom stereocenters. The molecular formula is C20H14N4O2S. The van der Waals surface area contributed by atoms with Crippen molar-refractivity contribution in [1.82, 2.24) is 19.7 Å². The average Bonchev–Trinajstić information content (AvgIpc) is 3.17. The van der Waals surface area contributed by atoms with Gasteiger partial charge in [-0.2, -0.15) is 5.10 Å². The molecule has 1 aliphatic carbocycles. The number of para-hydroxylation sites is 1. The highest BCUT2D eigenvalue weighted by Crippen LogP contribution is 2.36. The van der Waals surface area contributed by atoms with Crippen molar-refractivity contribution >= 4 is 32.6 Å².